The standard InChI is InChI=1S/C26H25N3O3/c1-31-23-14-19-12-13-28(17-29-26(30)21-11-7-6-10-20(21)16-27-29)25(18-8-4-3-5-9-18)22(19)15-24(23)32-2/h3-11,14-16,25H,12-13,17H2,1-2H3. The van der Waals surface area contributed by atoms with E-state index in [1.165, 1.54) is 5.56 Å². The van der Waals surface area contributed by atoms with E-state index < -0.39 is 0 Å². The predicted molar refractivity (Wildman–Crippen MR) is 124 cm³/mol. The number of ether oxygens (including phenoxy) is 2. The van der Waals surface area contributed by atoms with Crippen molar-refractivity contribution in [2.75, 3.05) is 20.8 Å². The first-order valence-corrected chi connectivity index (χ1v) is 10.7. The van der Waals surface area contributed by atoms with Crippen LogP contribution < -0.4 is 15.0 Å². The molecule has 1 aliphatic rings. The molecular formula is C26H25N3O3. The summed E-state index contributed by atoms with van der Waals surface area (Å²) in [7, 11) is 3.31. The van der Waals surface area contributed by atoms with E-state index in [9.17, 15) is 4.79 Å². The summed E-state index contributed by atoms with van der Waals surface area (Å²) in [6.07, 6.45) is 2.61. The van der Waals surface area contributed by atoms with Gasteiger partial charge < -0.3 is 9.47 Å². The zero-order chi connectivity index (χ0) is 22.1. The minimum atomic E-state index is -0.0759. The molecule has 3 aromatic carbocycles. The van der Waals surface area contributed by atoms with Crippen molar-refractivity contribution in [2.45, 2.75) is 19.1 Å². The van der Waals surface area contributed by atoms with Gasteiger partial charge in [-0.25, -0.2) is 4.68 Å². The number of aromatic nitrogens is 2. The van der Waals surface area contributed by atoms with Gasteiger partial charge in [0.05, 0.1) is 38.5 Å². The van der Waals surface area contributed by atoms with Gasteiger partial charge in [0.2, 0.25) is 0 Å². The minimum Gasteiger partial charge on any atom is -0.493 e. The Hall–Kier alpha value is -3.64. The second kappa shape index (κ2) is 8.48. The maximum atomic E-state index is 13.1. The number of methoxy groups -OCH3 is 2. The van der Waals surface area contributed by atoms with Crippen LogP contribution in [0.2, 0.25) is 0 Å². The van der Waals surface area contributed by atoms with Crippen LogP contribution in [0.15, 0.2) is 77.7 Å². The first-order valence-electron chi connectivity index (χ1n) is 10.7. The van der Waals surface area contributed by atoms with Gasteiger partial charge in [-0.05, 0) is 41.3 Å². The molecule has 1 atom stereocenters. The summed E-state index contributed by atoms with van der Waals surface area (Å²) < 4.78 is 12.7. The van der Waals surface area contributed by atoms with E-state index in [0.29, 0.717) is 17.8 Å². The Labute approximate surface area is 186 Å². The Morgan fingerprint density at radius 3 is 2.47 bits per heavy atom. The molecule has 0 radical (unpaired) electrons. The first kappa shape index (κ1) is 20.3. The molecule has 2 heterocycles. The van der Waals surface area contributed by atoms with Crippen molar-refractivity contribution in [2.24, 2.45) is 0 Å². The Morgan fingerprint density at radius 2 is 1.69 bits per heavy atom. The summed E-state index contributed by atoms with van der Waals surface area (Å²) >= 11 is 0. The maximum Gasteiger partial charge on any atom is 0.275 e. The highest BCUT2D eigenvalue weighted by atomic mass is 16.5. The Morgan fingerprint density at radius 1 is 0.969 bits per heavy atom. The third-order valence-electron chi connectivity index (χ3n) is 6.17. The van der Waals surface area contributed by atoms with E-state index in [0.717, 1.165) is 35.2 Å². The minimum absolute atomic E-state index is 0.0278. The van der Waals surface area contributed by atoms with Crippen LogP contribution >= 0.6 is 0 Å². The number of benzene rings is 3. The van der Waals surface area contributed by atoms with Gasteiger partial charge in [-0.15, -0.1) is 0 Å². The highest BCUT2D eigenvalue weighted by Gasteiger charge is 2.31. The zero-order valence-electron chi connectivity index (χ0n) is 18.2. The normalized spacial score (nSPS) is 16.0. The molecule has 6 heteroatoms. The fraction of sp³-hybridized carbons (Fsp3) is 0.231. The van der Waals surface area contributed by atoms with Gasteiger partial charge in [0.15, 0.2) is 11.5 Å². The summed E-state index contributed by atoms with van der Waals surface area (Å²) in [5.41, 5.74) is 3.48. The van der Waals surface area contributed by atoms with Gasteiger partial charge in [-0.1, -0.05) is 48.5 Å². The Bertz CT molecular complexity index is 1320. The molecule has 5 rings (SSSR count). The van der Waals surface area contributed by atoms with Crippen LogP contribution in [0, 0.1) is 0 Å². The van der Waals surface area contributed by atoms with Crippen molar-refractivity contribution in [3.05, 3.63) is 100.0 Å². The quantitative estimate of drug-likeness (QED) is 0.482. The number of rotatable bonds is 5. The fourth-order valence-corrected chi connectivity index (χ4v) is 4.58. The average Bonchev–Trinajstić information content (AvgIpc) is 2.85. The number of hydrogen-bond donors (Lipinski definition) is 0. The zero-order valence-corrected chi connectivity index (χ0v) is 18.2. The molecule has 6 nitrogen and oxygen atoms in total. The molecule has 1 aromatic heterocycles. The molecular weight excluding hydrogens is 402 g/mol. The van der Waals surface area contributed by atoms with Crippen molar-refractivity contribution in [3.63, 3.8) is 0 Å². The molecule has 32 heavy (non-hydrogen) atoms. The van der Waals surface area contributed by atoms with Crippen LogP contribution in [0.5, 0.6) is 11.5 Å². The van der Waals surface area contributed by atoms with Crippen LogP contribution in [-0.2, 0) is 13.1 Å². The lowest BCUT2D eigenvalue weighted by Gasteiger charge is -2.38. The Balaban J connectivity index is 1.60. The summed E-state index contributed by atoms with van der Waals surface area (Å²) in [5.74, 6) is 1.44. The molecule has 0 spiro atoms. The van der Waals surface area contributed by atoms with Gasteiger partial charge in [-0.2, -0.15) is 5.10 Å². The van der Waals surface area contributed by atoms with E-state index in [2.05, 4.69) is 34.3 Å². The van der Waals surface area contributed by atoms with Gasteiger partial charge in [-0.3, -0.25) is 9.69 Å². The van der Waals surface area contributed by atoms with Gasteiger partial charge in [0, 0.05) is 11.9 Å². The van der Waals surface area contributed by atoms with E-state index in [-0.39, 0.29) is 11.6 Å². The number of fused-ring (bicyclic) bond motifs is 2. The first-order chi connectivity index (χ1) is 15.7. The lowest BCUT2D eigenvalue weighted by Crippen LogP contribution is -2.40. The van der Waals surface area contributed by atoms with E-state index in [1.54, 1.807) is 25.1 Å². The maximum absolute atomic E-state index is 13.1. The largest absolute Gasteiger partial charge is 0.493 e. The van der Waals surface area contributed by atoms with Crippen LogP contribution in [0.1, 0.15) is 22.7 Å². The second-order valence-electron chi connectivity index (χ2n) is 7.96. The van der Waals surface area contributed by atoms with E-state index >= 15 is 0 Å². The van der Waals surface area contributed by atoms with Crippen molar-refractivity contribution in [1.82, 2.24) is 14.7 Å². The molecule has 1 aliphatic heterocycles. The van der Waals surface area contributed by atoms with Gasteiger partial charge in [0.25, 0.3) is 5.56 Å². The lowest BCUT2D eigenvalue weighted by molar-refractivity contribution is 0.152. The molecule has 0 fully saturated rings. The topological polar surface area (TPSA) is 56.6 Å². The summed E-state index contributed by atoms with van der Waals surface area (Å²) in [5, 5.41) is 6.00. The van der Waals surface area contributed by atoms with Crippen molar-refractivity contribution >= 4 is 10.8 Å². The molecule has 4 aromatic rings. The highest BCUT2D eigenvalue weighted by Crippen LogP contribution is 2.41. The number of hydrogen-bond acceptors (Lipinski definition) is 5. The van der Waals surface area contributed by atoms with Crippen LogP contribution in [-0.4, -0.2) is 35.4 Å². The predicted octanol–water partition coefficient (Wildman–Crippen LogP) is 4.02. The molecule has 0 N–H and O–H groups in total. The fourth-order valence-electron chi connectivity index (χ4n) is 4.58. The molecule has 0 aliphatic carbocycles. The highest BCUT2D eigenvalue weighted by molar-refractivity contribution is 5.80. The summed E-state index contributed by atoms with van der Waals surface area (Å²) in [4.78, 5) is 15.4. The van der Waals surface area contributed by atoms with Crippen molar-refractivity contribution < 1.29 is 9.47 Å². The van der Waals surface area contributed by atoms with Crippen molar-refractivity contribution in [1.29, 1.82) is 0 Å². The molecule has 162 valence electrons. The molecule has 0 bridgehead atoms. The smallest absolute Gasteiger partial charge is 0.275 e. The summed E-state index contributed by atoms with van der Waals surface area (Å²) in [6.45, 7) is 1.19. The van der Waals surface area contributed by atoms with Crippen LogP contribution in [0.3, 0.4) is 0 Å². The van der Waals surface area contributed by atoms with E-state index in [4.69, 9.17) is 9.47 Å². The van der Waals surface area contributed by atoms with Crippen LogP contribution in [0.25, 0.3) is 10.8 Å². The van der Waals surface area contributed by atoms with E-state index in [1.807, 2.05) is 42.5 Å². The summed E-state index contributed by atoms with van der Waals surface area (Å²) in [6, 6.07) is 22.0. The monoisotopic (exact) mass is 427 g/mol. The molecule has 0 amide bonds. The Kier molecular flexibility index (Phi) is 5.37. The average molecular weight is 428 g/mol. The molecule has 0 saturated carbocycles. The SMILES string of the molecule is COc1cc2c(cc1OC)C(c1ccccc1)N(Cn1ncc3ccccc3c1=O)CC2. The third-order valence-corrected chi connectivity index (χ3v) is 6.17. The van der Waals surface area contributed by atoms with Gasteiger partial charge >= 0.3 is 0 Å². The van der Waals surface area contributed by atoms with Gasteiger partial charge in [0.1, 0.15) is 0 Å². The third kappa shape index (κ3) is 3.52. The molecule has 0 saturated heterocycles. The van der Waals surface area contributed by atoms with Crippen LogP contribution in [0.4, 0.5) is 0 Å². The second-order valence-corrected chi connectivity index (χ2v) is 7.96. The molecule has 1 unspecified atom stereocenters. The number of nitrogens with zero attached hydrogens (tertiary/aromatic N) is 3. The van der Waals surface area contributed by atoms with Crippen molar-refractivity contribution in [3.8, 4) is 11.5 Å². The lowest BCUT2D eigenvalue weighted by atomic mass is 9.88.